The smallest absolute Gasteiger partial charge is 0.242 e. The van der Waals surface area contributed by atoms with Gasteiger partial charge >= 0.3 is 0 Å². The molecule has 32 heavy (non-hydrogen) atoms. The molecule has 1 aromatic heterocycles. The molecule has 1 atom stereocenters. The number of hydrogen-bond acceptors (Lipinski definition) is 5. The first-order valence-corrected chi connectivity index (χ1v) is 12.0. The minimum atomic E-state index is -0.668. The van der Waals surface area contributed by atoms with Crippen molar-refractivity contribution < 1.29 is 19.1 Å². The Morgan fingerprint density at radius 3 is 2.34 bits per heavy atom. The molecular formula is C24H33ClN2O4S. The van der Waals surface area contributed by atoms with Gasteiger partial charge in [-0.05, 0) is 48.4 Å². The molecule has 2 rings (SSSR count). The van der Waals surface area contributed by atoms with Crippen LogP contribution < -0.4 is 9.47 Å². The van der Waals surface area contributed by atoms with E-state index < -0.39 is 5.38 Å². The van der Waals surface area contributed by atoms with Crippen LogP contribution in [-0.4, -0.2) is 60.8 Å². The average molecular weight is 481 g/mol. The molecule has 2 aromatic rings. The van der Waals surface area contributed by atoms with Gasteiger partial charge in [0.1, 0.15) is 5.38 Å². The number of nitrogens with zero attached hydrogens (tertiary/aromatic N) is 2. The van der Waals surface area contributed by atoms with E-state index in [1.165, 1.54) is 0 Å². The fourth-order valence-corrected chi connectivity index (χ4v) is 4.23. The summed E-state index contributed by atoms with van der Waals surface area (Å²) in [5.74, 6) is 1.25. The number of halogens is 1. The summed E-state index contributed by atoms with van der Waals surface area (Å²) in [7, 11) is 3.21. The summed E-state index contributed by atoms with van der Waals surface area (Å²) in [6.07, 6.45) is 0.654. The summed E-state index contributed by atoms with van der Waals surface area (Å²) in [4.78, 5) is 30.3. The first-order valence-electron chi connectivity index (χ1n) is 10.7. The molecule has 0 aliphatic rings. The second kappa shape index (κ2) is 12.7. The van der Waals surface area contributed by atoms with Crippen molar-refractivity contribution in [2.24, 2.45) is 5.92 Å². The highest BCUT2D eigenvalue weighted by Gasteiger charge is 2.25. The van der Waals surface area contributed by atoms with E-state index in [0.29, 0.717) is 37.6 Å². The van der Waals surface area contributed by atoms with E-state index in [4.69, 9.17) is 21.1 Å². The molecule has 0 fully saturated rings. The Morgan fingerprint density at radius 1 is 1.06 bits per heavy atom. The molecule has 8 heteroatoms. The van der Waals surface area contributed by atoms with Crippen molar-refractivity contribution in [3.63, 3.8) is 0 Å². The van der Waals surface area contributed by atoms with E-state index in [1.807, 2.05) is 54.5 Å². The normalized spacial score (nSPS) is 11.8. The molecule has 0 bridgehead atoms. The van der Waals surface area contributed by atoms with E-state index in [9.17, 15) is 9.59 Å². The van der Waals surface area contributed by atoms with Crippen molar-refractivity contribution in [3.8, 4) is 11.5 Å². The summed E-state index contributed by atoms with van der Waals surface area (Å²) in [5.41, 5.74) is 1.04. The fraction of sp³-hybridized carbons (Fsp3) is 0.500. The van der Waals surface area contributed by atoms with Gasteiger partial charge in [0.2, 0.25) is 11.8 Å². The first-order chi connectivity index (χ1) is 15.2. The van der Waals surface area contributed by atoms with Crippen LogP contribution in [0.15, 0.2) is 35.7 Å². The molecule has 1 heterocycles. The van der Waals surface area contributed by atoms with Gasteiger partial charge in [0.15, 0.2) is 11.5 Å². The van der Waals surface area contributed by atoms with Gasteiger partial charge in [-0.25, -0.2) is 0 Å². The maximum Gasteiger partial charge on any atom is 0.242 e. The summed E-state index contributed by atoms with van der Waals surface area (Å²) in [5, 5.41) is 1.33. The van der Waals surface area contributed by atoms with Crippen molar-refractivity contribution >= 4 is 34.8 Å². The van der Waals surface area contributed by atoms with Crippen molar-refractivity contribution in [1.29, 1.82) is 0 Å². The van der Waals surface area contributed by atoms with Crippen LogP contribution >= 0.6 is 22.9 Å². The molecular weight excluding hydrogens is 448 g/mol. The molecule has 176 valence electrons. The Kier molecular flexibility index (Phi) is 10.3. The van der Waals surface area contributed by atoms with E-state index in [2.05, 4.69) is 0 Å². The van der Waals surface area contributed by atoms with Crippen molar-refractivity contribution in [3.05, 3.63) is 46.2 Å². The lowest BCUT2D eigenvalue weighted by atomic mass is 10.1. The number of alkyl halides is 1. The molecule has 0 aliphatic carbocycles. The Labute approximate surface area is 200 Å². The van der Waals surface area contributed by atoms with Crippen LogP contribution in [0, 0.1) is 5.92 Å². The Hall–Kier alpha value is -2.25. The van der Waals surface area contributed by atoms with Gasteiger partial charge in [0.05, 0.1) is 27.3 Å². The van der Waals surface area contributed by atoms with E-state index in [0.717, 1.165) is 10.4 Å². The van der Waals surface area contributed by atoms with Gasteiger partial charge in [0.25, 0.3) is 0 Å². The highest BCUT2D eigenvalue weighted by Crippen LogP contribution is 2.28. The number of methoxy groups -OCH3 is 2. The largest absolute Gasteiger partial charge is 0.493 e. The third-order valence-electron chi connectivity index (χ3n) is 4.96. The second-order valence-electron chi connectivity index (χ2n) is 8.06. The van der Waals surface area contributed by atoms with Gasteiger partial charge in [-0.2, -0.15) is 0 Å². The maximum atomic E-state index is 13.3. The average Bonchev–Trinajstić information content (AvgIpc) is 3.28. The molecule has 0 radical (unpaired) electrons. The van der Waals surface area contributed by atoms with Crippen LogP contribution in [0.3, 0.4) is 0 Å². The summed E-state index contributed by atoms with van der Waals surface area (Å²) in [6, 6.07) is 9.75. The summed E-state index contributed by atoms with van der Waals surface area (Å²) in [6.45, 7) is 7.21. The highest BCUT2D eigenvalue weighted by molar-refractivity contribution is 7.09. The van der Waals surface area contributed by atoms with Crippen LogP contribution in [0.25, 0.3) is 0 Å². The summed E-state index contributed by atoms with van der Waals surface area (Å²) >= 11 is 7.65. The van der Waals surface area contributed by atoms with Crippen LogP contribution in [0.5, 0.6) is 11.5 Å². The minimum Gasteiger partial charge on any atom is -0.493 e. The molecule has 0 saturated carbocycles. The van der Waals surface area contributed by atoms with Gasteiger partial charge in [-0.15, -0.1) is 22.9 Å². The molecule has 2 amide bonds. The topological polar surface area (TPSA) is 59.1 Å². The zero-order valence-electron chi connectivity index (χ0n) is 19.5. The Balaban J connectivity index is 2.16. The third-order valence-corrected chi connectivity index (χ3v) is 6.01. The number of hydrogen-bond donors (Lipinski definition) is 0. The van der Waals surface area contributed by atoms with Crippen LogP contribution in [0.1, 0.15) is 31.2 Å². The number of ether oxygens (including phenoxy) is 2. The number of carbonyl (C=O) groups excluding carboxylic acids is 2. The monoisotopic (exact) mass is 480 g/mol. The first kappa shape index (κ1) is 26.0. The van der Waals surface area contributed by atoms with Crippen molar-refractivity contribution in [2.45, 2.75) is 39.1 Å². The molecule has 0 saturated heterocycles. The fourth-order valence-electron chi connectivity index (χ4n) is 3.37. The van der Waals surface area contributed by atoms with Gasteiger partial charge in [0, 0.05) is 18.0 Å². The highest BCUT2D eigenvalue weighted by atomic mass is 35.5. The van der Waals surface area contributed by atoms with Crippen molar-refractivity contribution in [1.82, 2.24) is 9.80 Å². The van der Waals surface area contributed by atoms with Crippen LogP contribution in [0.2, 0.25) is 0 Å². The SMILES string of the molecule is COc1ccc(CCN(Cc2cccs2)C(=O)CN(CC(C)C)C(=O)C(C)Cl)cc1OC. The number of thiophene rings is 1. The zero-order valence-corrected chi connectivity index (χ0v) is 21.0. The molecule has 1 unspecified atom stereocenters. The van der Waals surface area contributed by atoms with Gasteiger partial charge in [-0.1, -0.05) is 26.0 Å². The van der Waals surface area contributed by atoms with E-state index >= 15 is 0 Å². The third kappa shape index (κ3) is 7.71. The summed E-state index contributed by atoms with van der Waals surface area (Å²) < 4.78 is 10.7. The number of amides is 2. The quantitative estimate of drug-likeness (QED) is 0.421. The Morgan fingerprint density at radius 2 is 1.78 bits per heavy atom. The second-order valence-corrected chi connectivity index (χ2v) is 9.75. The van der Waals surface area contributed by atoms with Crippen LogP contribution in [0.4, 0.5) is 0 Å². The predicted octanol–water partition coefficient (Wildman–Crippen LogP) is 4.45. The number of rotatable bonds is 12. The molecule has 6 nitrogen and oxygen atoms in total. The molecule has 0 spiro atoms. The molecule has 1 aromatic carbocycles. The number of benzene rings is 1. The van der Waals surface area contributed by atoms with Crippen molar-refractivity contribution in [2.75, 3.05) is 33.9 Å². The maximum absolute atomic E-state index is 13.3. The van der Waals surface area contributed by atoms with E-state index in [1.54, 1.807) is 37.4 Å². The Bertz CT molecular complexity index is 871. The lowest BCUT2D eigenvalue weighted by molar-refractivity contribution is -0.140. The number of carbonyl (C=O) groups is 2. The lowest BCUT2D eigenvalue weighted by Gasteiger charge is -2.29. The standard InChI is InChI=1S/C24H33ClN2O4S/c1-17(2)14-27(24(29)18(3)25)16-23(28)26(15-20-7-6-12-32-20)11-10-19-8-9-21(30-4)22(13-19)31-5/h6-9,12-13,17-18H,10-11,14-16H2,1-5H3. The van der Waals surface area contributed by atoms with E-state index in [-0.39, 0.29) is 24.3 Å². The predicted molar refractivity (Wildman–Crippen MR) is 130 cm³/mol. The van der Waals surface area contributed by atoms with Crippen LogP contribution in [-0.2, 0) is 22.6 Å². The van der Waals surface area contributed by atoms with Gasteiger partial charge in [-0.3, -0.25) is 9.59 Å². The zero-order chi connectivity index (χ0) is 23.7. The molecule has 0 aliphatic heterocycles. The van der Waals surface area contributed by atoms with Gasteiger partial charge < -0.3 is 19.3 Å². The molecule has 0 N–H and O–H groups in total. The lowest BCUT2D eigenvalue weighted by Crippen LogP contribution is -2.46. The minimum absolute atomic E-state index is 0.0192.